The Morgan fingerprint density at radius 3 is 2.38 bits per heavy atom. The number of aromatic hydroxyl groups is 1. The highest BCUT2D eigenvalue weighted by molar-refractivity contribution is 6.40. The van der Waals surface area contributed by atoms with Gasteiger partial charge in [0.2, 0.25) is 0 Å². The lowest BCUT2D eigenvalue weighted by molar-refractivity contribution is 0.102. The molecule has 0 spiro atoms. The number of aromatic nitrogens is 2. The van der Waals surface area contributed by atoms with Crippen molar-refractivity contribution in [1.29, 1.82) is 0 Å². The lowest BCUT2D eigenvalue weighted by Crippen LogP contribution is -2.32. The molecular weight excluding hydrogens is 475 g/mol. The van der Waals surface area contributed by atoms with Gasteiger partial charge in [0, 0.05) is 23.2 Å². The highest BCUT2D eigenvalue weighted by Gasteiger charge is 2.29. The average Bonchev–Trinajstić information content (AvgIpc) is 3.27. The number of carbonyl (C=O) groups excluding carboxylic acids is 2. The lowest BCUT2D eigenvalue weighted by atomic mass is 10.0. The minimum absolute atomic E-state index is 0.000928. The molecule has 2 amide bonds. The van der Waals surface area contributed by atoms with E-state index in [1.807, 2.05) is 6.07 Å². The van der Waals surface area contributed by atoms with Crippen molar-refractivity contribution >= 4 is 40.8 Å². The molecule has 2 fully saturated rings. The van der Waals surface area contributed by atoms with Gasteiger partial charge in [-0.15, -0.1) is 0 Å². The van der Waals surface area contributed by atoms with Crippen LogP contribution in [-0.4, -0.2) is 32.9 Å². The van der Waals surface area contributed by atoms with Gasteiger partial charge in [0.05, 0.1) is 27.0 Å². The van der Waals surface area contributed by atoms with Gasteiger partial charge in [0.1, 0.15) is 5.75 Å². The van der Waals surface area contributed by atoms with Crippen LogP contribution in [0.5, 0.6) is 5.75 Å². The summed E-state index contributed by atoms with van der Waals surface area (Å²) in [7, 11) is 0. The molecule has 3 aromatic rings. The number of nitrogens with one attached hydrogen (secondary N) is 2. The normalized spacial score (nSPS) is 15.9. The number of hydrogen-bond donors (Lipinski definition) is 3. The maximum absolute atomic E-state index is 12.9. The first-order valence-electron chi connectivity index (χ1n) is 11.4. The summed E-state index contributed by atoms with van der Waals surface area (Å²) in [6.07, 6.45) is 6.21. The van der Waals surface area contributed by atoms with Crippen molar-refractivity contribution in [3.05, 3.63) is 63.8 Å². The number of benzene rings is 2. The summed E-state index contributed by atoms with van der Waals surface area (Å²) in [5, 5.41) is 21.4. The highest BCUT2D eigenvalue weighted by atomic mass is 35.5. The minimum Gasteiger partial charge on any atom is -0.507 e. The number of rotatable bonds is 5. The molecule has 3 N–H and O–H groups in total. The Morgan fingerprint density at radius 2 is 1.71 bits per heavy atom. The summed E-state index contributed by atoms with van der Waals surface area (Å²) in [5.74, 6) is -0.217. The molecule has 7 nitrogen and oxygen atoms in total. The van der Waals surface area contributed by atoms with Crippen molar-refractivity contribution in [3.8, 4) is 17.0 Å². The Bertz CT molecular complexity index is 1240. The fraction of sp³-hybridized carbons (Fsp3) is 0.320. The number of phenols is 1. The Labute approximate surface area is 207 Å². The van der Waals surface area contributed by atoms with Crippen LogP contribution in [0.15, 0.2) is 42.5 Å². The fourth-order valence-corrected chi connectivity index (χ4v) is 4.96. The first-order chi connectivity index (χ1) is 16.4. The first-order valence-corrected chi connectivity index (χ1v) is 12.2. The van der Waals surface area contributed by atoms with Crippen LogP contribution in [0.4, 0.5) is 10.5 Å². The minimum atomic E-state index is -0.465. The fourth-order valence-electron chi connectivity index (χ4n) is 4.39. The Hall–Kier alpha value is -3.03. The summed E-state index contributed by atoms with van der Waals surface area (Å²) in [6.45, 7) is 0. The zero-order valence-electron chi connectivity index (χ0n) is 18.4. The summed E-state index contributed by atoms with van der Waals surface area (Å²) >= 11 is 12.3. The second-order valence-corrected chi connectivity index (χ2v) is 9.67. The summed E-state index contributed by atoms with van der Waals surface area (Å²) < 4.78 is 1.44. The van der Waals surface area contributed by atoms with Gasteiger partial charge in [-0.3, -0.25) is 4.79 Å². The van der Waals surface area contributed by atoms with E-state index in [0.29, 0.717) is 16.9 Å². The van der Waals surface area contributed by atoms with Gasteiger partial charge in [-0.05, 0) is 62.1 Å². The molecule has 2 saturated carbocycles. The molecule has 2 aliphatic rings. The monoisotopic (exact) mass is 498 g/mol. The molecule has 2 aliphatic carbocycles. The van der Waals surface area contributed by atoms with E-state index in [4.69, 9.17) is 23.2 Å². The van der Waals surface area contributed by atoms with E-state index < -0.39 is 5.91 Å². The standard InChI is InChI=1S/C25H24Cl2N4O3/c26-18-6-3-7-19(27)23(18)24(33)28-16-10-11-22(32)17(12-16)20-13-21(14-4-1-2-5-14)31(30-20)25(34)29-15-8-9-15/h3,6-7,10-15,32H,1-2,4-5,8-9H2,(H,28,33)(H,29,34). The van der Waals surface area contributed by atoms with Gasteiger partial charge in [-0.1, -0.05) is 42.1 Å². The van der Waals surface area contributed by atoms with Crippen LogP contribution in [0.3, 0.4) is 0 Å². The van der Waals surface area contributed by atoms with Crippen LogP contribution in [0.25, 0.3) is 11.3 Å². The third-order valence-electron chi connectivity index (χ3n) is 6.33. The lowest BCUT2D eigenvalue weighted by Gasteiger charge is -2.11. The van der Waals surface area contributed by atoms with Gasteiger partial charge in [-0.25, -0.2) is 4.79 Å². The van der Waals surface area contributed by atoms with E-state index in [2.05, 4.69) is 15.7 Å². The molecule has 1 heterocycles. The molecule has 0 radical (unpaired) electrons. The number of hydrogen-bond acceptors (Lipinski definition) is 4. The molecule has 0 unspecified atom stereocenters. The predicted molar refractivity (Wildman–Crippen MR) is 132 cm³/mol. The summed E-state index contributed by atoms with van der Waals surface area (Å²) in [6, 6.07) is 11.4. The van der Waals surface area contributed by atoms with Crippen LogP contribution in [-0.2, 0) is 0 Å². The summed E-state index contributed by atoms with van der Waals surface area (Å²) in [4.78, 5) is 25.7. The maximum Gasteiger partial charge on any atom is 0.342 e. The molecule has 2 aromatic carbocycles. The largest absolute Gasteiger partial charge is 0.507 e. The molecule has 0 bridgehead atoms. The molecule has 176 valence electrons. The van der Waals surface area contributed by atoms with E-state index in [1.165, 1.54) is 10.7 Å². The van der Waals surface area contributed by atoms with Crippen LogP contribution in [0, 0.1) is 0 Å². The number of phenolic OH excluding ortho intramolecular Hbond substituents is 1. The predicted octanol–water partition coefficient (Wildman–Crippen LogP) is 6.19. The first kappa shape index (κ1) is 22.7. The van der Waals surface area contributed by atoms with Gasteiger partial charge in [-0.2, -0.15) is 9.78 Å². The molecular formula is C25H24Cl2N4O3. The number of nitrogens with zero attached hydrogens (tertiary/aromatic N) is 2. The van der Waals surface area contributed by atoms with Gasteiger partial charge >= 0.3 is 6.03 Å². The van der Waals surface area contributed by atoms with E-state index in [0.717, 1.165) is 44.2 Å². The average molecular weight is 499 g/mol. The van der Waals surface area contributed by atoms with E-state index in [9.17, 15) is 14.7 Å². The van der Waals surface area contributed by atoms with Crippen LogP contribution >= 0.6 is 23.2 Å². The Kier molecular flexibility index (Phi) is 6.23. The van der Waals surface area contributed by atoms with Crippen molar-refractivity contribution in [2.24, 2.45) is 0 Å². The van der Waals surface area contributed by atoms with Crippen LogP contribution in [0.2, 0.25) is 10.0 Å². The van der Waals surface area contributed by atoms with Gasteiger partial charge in [0.15, 0.2) is 0 Å². The smallest absolute Gasteiger partial charge is 0.342 e. The molecule has 9 heteroatoms. The van der Waals surface area contributed by atoms with Crippen LogP contribution < -0.4 is 10.6 Å². The number of amides is 2. The zero-order chi connectivity index (χ0) is 23.8. The van der Waals surface area contributed by atoms with Crippen molar-refractivity contribution < 1.29 is 14.7 Å². The quantitative estimate of drug-likeness (QED) is 0.365. The molecule has 34 heavy (non-hydrogen) atoms. The van der Waals surface area contributed by atoms with Crippen LogP contribution in [0.1, 0.15) is 60.5 Å². The van der Waals surface area contributed by atoms with Crippen molar-refractivity contribution in [2.45, 2.75) is 50.5 Å². The van der Waals surface area contributed by atoms with E-state index >= 15 is 0 Å². The Morgan fingerprint density at radius 1 is 1.00 bits per heavy atom. The third kappa shape index (κ3) is 4.63. The molecule has 5 rings (SSSR count). The van der Waals surface area contributed by atoms with E-state index in [1.54, 1.807) is 30.3 Å². The number of carbonyl (C=O) groups is 2. The topological polar surface area (TPSA) is 96.2 Å². The van der Waals surface area contributed by atoms with Gasteiger partial charge in [0.25, 0.3) is 5.91 Å². The zero-order valence-corrected chi connectivity index (χ0v) is 19.9. The summed E-state index contributed by atoms with van der Waals surface area (Å²) in [5.41, 5.74) is 2.35. The number of halogens is 2. The molecule has 0 aliphatic heterocycles. The highest BCUT2D eigenvalue weighted by Crippen LogP contribution is 2.38. The number of anilines is 1. The van der Waals surface area contributed by atoms with E-state index in [-0.39, 0.29) is 39.3 Å². The van der Waals surface area contributed by atoms with Gasteiger partial charge < -0.3 is 15.7 Å². The second kappa shape index (κ2) is 9.31. The molecule has 1 aromatic heterocycles. The molecule has 0 atom stereocenters. The van der Waals surface area contributed by atoms with Crippen molar-refractivity contribution in [3.63, 3.8) is 0 Å². The maximum atomic E-state index is 12.9. The van der Waals surface area contributed by atoms with Crippen molar-refractivity contribution in [1.82, 2.24) is 15.1 Å². The SMILES string of the molecule is O=C(Nc1ccc(O)c(-c2cc(C3CCCC3)n(C(=O)NC3CC3)n2)c1)c1c(Cl)cccc1Cl. The second-order valence-electron chi connectivity index (χ2n) is 8.85. The molecule has 0 saturated heterocycles. The third-order valence-corrected chi connectivity index (χ3v) is 6.96. The Balaban J connectivity index is 1.47. The van der Waals surface area contributed by atoms with Crippen molar-refractivity contribution in [2.75, 3.05) is 5.32 Å².